The minimum Gasteiger partial charge on any atom is -0.395 e. The van der Waals surface area contributed by atoms with E-state index < -0.39 is 0 Å². The fourth-order valence-corrected chi connectivity index (χ4v) is 6.17. The first-order chi connectivity index (χ1) is 14.0. The monoisotopic (exact) mass is 419 g/mol. The minimum absolute atomic E-state index is 0.0149. The molecule has 0 saturated heterocycles. The molecule has 3 aliphatic rings. The second kappa shape index (κ2) is 8.44. The molecule has 1 fully saturated rings. The maximum Gasteiger partial charge on any atom is 0.257 e. The predicted molar refractivity (Wildman–Crippen MR) is 111 cm³/mol. The lowest BCUT2D eigenvalue weighted by Crippen LogP contribution is -2.39. The molecule has 4 rings (SSSR count). The van der Waals surface area contributed by atoms with Gasteiger partial charge in [-0.15, -0.1) is 11.3 Å². The Balaban J connectivity index is 1.57. The van der Waals surface area contributed by atoms with E-state index in [-0.39, 0.29) is 37.4 Å². The lowest BCUT2D eigenvalue weighted by molar-refractivity contribution is -0.133. The Hall–Kier alpha value is -1.93. The molecule has 0 radical (unpaired) electrons. The number of fused-ring (bicyclic) bond motifs is 3. The molecule has 0 atom stereocenters. The van der Waals surface area contributed by atoms with Crippen LogP contribution >= 0.6 is 11.3 Å². The van der Waals surface area contributed by atoms with Gasteiger partial charge >= 0.3 is 0 Å². The van der Waals surface area contributed by atoms with Crippen molar-refractivity contribution in [2.45, 2.75) is 51.5 Å². The summed E-state index contributed by atoms with van der Waals surface area (Å²) < 4.78 is 0. The number of aliphatic hydroxyl groups excluding tert-OH is 1. The summed E-state index contributed by atoms with van der Waals surface area (Å²) in [5.41, 5.74) is 1.56. The van der Waals surface area contributed by atoms with Gasteiger partial charge in [-0.25, -0.2) is 0 Å². The number of amides is 3. The Kier molecular flexibility index (Phi) is 5.92. The third-order valence-corrected chi connectivity index (χ3v) is 7.62. The molecule has 7 nitrogen and oxygen atoms in total. The molecule has 1 N–H and O–H groups in total. The van der Waals surface area contributed by atoms with E-state index in [0.29, 0.717) is 42.4 Å². The van der Waals surface area contributed by atoms with Crippen molar-refractivity contribution in [2.75, 3.05) is 38.2 Å². The summed E-state index contributed by atoms with van der Waals surface area (Å²) in [6.07, 6.45) is 7.29. The number of carbonyl (C=O) groups excluding carboxylic acids is 3. The molecule has 1 aromatic rings. The zero-order valence-electron chi connectivity index (χ0n) is 17.0. The van der Waals surface area contributed by atoms with E-state index in [1.54, 1.807) is 7.05 Å². The minimum atomic E-state index is -0.183. The van der Waals surface area contributed by atoms with Gasteiger partial charge in [0.1, 0.15) is 11.5 Å². The van der Waals surface area contributed by atoms with Gasteiger partial charge in [0.2, 0.25) is 11.8 Å². The fraction of sp³-hybridized carbons (Fsp3) is 0.667. The maximum atomic E-state index is 13.0. The van der Waals surface area contributed by atoms with E-state index in [1.165, 1.54) is 40.4 Å². The first-order valence-electron chi connectivity index (χ1n) is 10.6. The summed E-state index contributed by atoms with van der Waals surface area (Å²) >= 11 is 1.43. The van der Waals surface area contributed by atoms with Gasteiger partial charge in [0.25, 0.3) is 5.91 Å². The van der Waals surface area contributed by atoms with E-state index >= 15 is 0 Å². The quantitative estimate of drug-likeness (QED) is 0.810. The molecule has 8 heteroatoms. The highest BCUT2D eigenvalue weighted by Crippen LogP contribution is 2.41. The summed E-state index contributed by atoms with van der Waals surface area (Å²) in [7, 11) is 1.64. The smallest absolute Gasteiger partial charge is 0.257 e. The van der Waals surface area contributed by atoms with Crippen molar-refractivity contribution in [3.05, 3.63) is 16.0 Å². The van der Waals surface area contributed by atoms with Crippen LogP contribution in [-0.4, -0.2) is 65.9 Å². The summed E-state index contributed by atoms with van der Waals surface area (Å²) in [4.78, 5) is 44.3. The van der Waals surface area contributed by atoms with Gasteiger partial charge in [0.05, 0.1) is 18.7 Å². The van der Waals surface area contributed by atoms with Gasteiger partial charge in [0, 0.05) is 31.4 Å². The molecule has 0 bridgehead atoms. The third kappa shape index (κ3) is 3.92. The van der Waals surface area contributed by atoms with Crippen LogP contribution in [-0.2, 0) is 22.6 Å². The number of aliphatic hydroxyl groups is 1. The van der Waals surface area contributed by atoms with E-state index in [0.717, 1.165) is 23.3 Å². The van der Waals surface area contributed by atoms with Crippen molar-refractivity contribution >= 4 is 34.1 Å². The Morgan fingerprint density at radius 3 is 2.66 bits per heavy atom. The van der Waals surface area contributed by atoms with Crippen LogP contribution in [0.4, 0.5) is 5.00 Å². The Morgan fingerprint density at radius 1 is 1.17 bits per heavy atom. The molecule has 0 aromatic carbocycles. The normalized spacial score (nSPS) is 20.6. The predicted octanol–water partition coefficient (Wildman–Crippen LogP) is 2.01. The number of β-amino-alcohol motifs (C(OH)–C–C–N with tert-alkyl or cyclic N) is 1. The number of carbonyl (C=O) groups is 3. The van der Waals surface area contributed by atoms with Crippen LogP contribution in [0.25, 0.3) is 0 Å². The zero-order chi connectivity index (χ0) is 20.5. The summed E-state index contributed by atoms with van der Waals surface area (Å²) in [5.74, 6) is 0.384. The molecule has 0 unspecified atom stereocenters. The van der Waals surface area contributed by atoms with Crippen LogP contribution in [0.2, 0.25) is 0 Å². The van der Waals surface area contributed by atoms with Crippen LogP contribution in [0.5, 0.6) is 0 Å². The third-order valence-electron chi connectivity index (χ3n) is 6.38. The van der Waals surface area contributed by atoms with Crippen LogP contribution < -0.4 is 4.90 Å². The van der Waals surface area contributed by atoms with Crippen molar-refractivity contribution in [1.82, 2.24) is 9.80 Å². The molecule has 29 heavy (non-hydrogen) atoms. The lowest BCUT2D eigenvalue weighted by Gasteiger charge is -2.30. The van der Waals surface area contributed by atoms with E-state index in [2.05, 4.69) is 0 Å². The van der Waals surface area contributed by atoms with E-state index in [9.17, 15) is 19.5 Å². The van der Waals surface area contributed by atoms with Gasteiger partial charge < -0.3 is 14.9 Å². The molecule has 1 aromatic heterocycles. The van der Waals surface area contributed by atoms with Crippen molar-refractivity contribution in [3.8, 4) is 0 Å². The molecular weight excluding hydrogens is 390 g/mol. The van der Waals surface area contributed by atoms with Crippen molar-refractivity contribution < 1.29 is 19.5 Å². The number of rotatable bonds is 4. The largest absolute Gasteiger partial charge is 0.395 e. The zero-order valence-corrected chi connectivity index (χ0v) is 17.8. The SMILES string of the molecule is CN1CC(=O)N(CCO)c2sc3c(c2C1=O)CCN(C(=O)CC1CCCCC1)C3. The summed E-state index contributed by atoms with van der Waals surface area (Å²) in [6.45, 7) is 1.17. The number of hydrogen-bond acceptors (Lipinski definition) is 5. The van der Waals surface area contributed by atoms with E-state index in [4.69, 9.17) is 0 Å². The average Bonchev–Trinajstić information content (AvgIpc) is 3.06. The maximum absolute atomic E-state index is 13.0. The molecular formula is C21H29N3O4S. The number of likely N-dealkylation sites (N-methyl/N-ethyl adjacent to an activating group) is 1. The van der Waals surface area contributed by atoms with Crippen molar-refractivity contribution in [2.24, 2.45) is 5.92 Å². The van der Waals surface area contributed by atoms with Crippen molar-refractivity contribution in [1.29, 1.82) is 0 Å². The van der Waals surface area contributed by atoms with Crippen LogP contribution in [0, 0.1) is 5.92 Å². The second-order valence-corrected chi connectivity index (χ2v) is 9.47. The first-order valence-corrected chi connectivity index (χ1v) is 11.4. The second-order valence-electron chi connectivity index (χ2n) is 8.39. The molecule has 1 aliphatic carbocycles. The summed E-state index contributed by atoms with van der Waals surface area (Å²) in [6, 6.07) is 0. The van der Waals surface area contributed by atoms with Gasteiger partial charge in [-0.05, 0) is 30.7 Å². The number of hydrogen-bond donors (Lipinski definition) is 1. The van der Waals surface area contributed by atoms with Crippen LogP contribution in [0.1, 0.15) is 59.3 Å². The molecule has 1 saturated carbocycles. The highest BCUT2D eigenvalue weighted by molar-refractivity contribution is 7.17. The van der Waals surface area contributed by atoms with Gasteiger partial charge in [0.15, 0.2) is 0 Å². The number of thiophene rings is 1. The molecule has 3 heterocycles. The van der Waals surface area contributed by atoms with E-state index in [1.807, 2.05) is 4.90 Å². The van der Waals surface area contributed by atoms with Crippen LogP contribution in [0.3, 0.4) is 0 Å². The lowest BCUT2D eigenvalue weighted by atomic mass is 9.86. The molecule has 2 aliphatic heterocycles. The Labute approximate surface area is 175 Å². The van der Waals surface area contributed by atoms with Crippen molar-refractivity contribution in [3.63, 3.8) is 0 Å². The number of anilines is 1. The van der Waals surface area contributed by atoms with Gasteiger partial charge in [-0.1, -0.05) is 19.3 Å². The molecule has 0 spiro atoms. The number of nitrogens with zero attached hydrogens (tertiary/aromatic N) is 3. The standard InChI is InChI=1S/C21H29N3O4S/c1-22-13-18(27)24(9-10-25)21-19(20(22)28)15-7-8-23(12-16(15)29-21)17(26)11-14-5-3-2-4-6-14/h14,25H,2-13H2,1H3. The highest BCUT2D eigenvalue weighted by Gasteiger charge is 2.37. The summed E-state index contributed by atoms with van der Waals surface area (Å²) in [5, 5.41) is 10.0. The molecule has 3 amide bonds. The topological polar surface area (TPSA) is 81.2 Å². The van der Waals surface area contributed by atoms with Gasteiger partial charge in [-0.2, -0.15) is 0 Å². The van der Waals surface area contributed by atoms with Crippen LogP contribution in [0.15, 0.2) is 0 Å². The Morgan fingerprint density at radius 2 is 1.93 bits per heavy atom. The Bertz CT molecular complexity index is 815. The highest BCUT2D eigenvalue weighted by atomic mass is 32.1. The average molecular weight is 420 g/mol. The first kappa shape index (κ1) is 20.3. The van der Waals surface area contributed by atoms with Gasteiger partial charge in [-0.3, -0.25) is 19.3 Å². The fourth-order valence-electron chi connectivity index (χ4n) is 4.77. The molecule has 158 valence electrons.